The van der Waals surface area contributed by atoms with E-state index in [1.807, 2.05) is 6.07 Å². The highest BCUT2D eigenvalue weighted by Gasteiger charge is 2.39. The predicted molar refractivity (Wildman–Crippen MR) is 256 cm³/mol. The first-order valence-corrected chi connectivity index (χ1v) is 19.0. The number of nitrogen functional groups attached to an aromatic ring is 2. The second-order valence-electron chi connectivity index (χ2n) is 14.2. The minimum atomic E-state index is -0.893. The Bertz CT molecular complexity index is 2500. The van der Waals surface area contributed by atoms with Crippen molar-refractivity contribution in [2.24, 2.45) is 0 Å². The summed E-state index contributed by atoms with van der Waals surface area (Å²) in [4.78, 5) is 35.3. The van der Waals surface area contributed by atoms with Crippen LogP contribution in [-0.4, -0.2) is 48.1 Å². The number of nitrogens with two attached hydrogens (primary N) is 2. The number of aliphatic carboxylic acids is 1. The van der Waals surface area contributed by atoms with Gasteiger partial charge in [-0.2, -0.15) is 0 Å². The van der Waals surface area contributed by atoms with Gasteiger partial charge in [0.05, 0.1) is 63.0 Å². The molecular formula is C50H60N8O8. The molecular weight excluding hydrogens is 841 g/mol. The Labute approximate surface area is 390 Å². The van der Waals surface area contributed by atoms with Crippen molar-refractivity contribution in [2.45, 2.75) is 101 Å². The van der Waals surface area contributed by atoms with E-state index in [4.69, 9.17) is 77.1 Å². The van der Waals surface area contributed by atoms with E-state index < -0.39 is 23.1 Å². The maximum Gasteiger partial charge on any atom is 0.344 e. The third kappa shape index (κ3) is 15.7. The van der Waals surface area contributed by atoms with Gasteiger partial charge in [-0.15, -0.1) is 0 Å². The Kier molecular flexibility index (Phi) is 24.9. The number of carbonyl (C=O) groups excluding carboxylic acids is 1. The van der Waals surface area contributed by atoms with Gasteiger partial charge >= 0.3 is 11.9 Å². The molecule has 0 aliphatic carbocycles. The van der Waals surface area contributed by atoms with Gasteiger partial charge in [-0.3, -0.25) is 4.79 Å². The third-order valence-electron chi connectivity index (χ3n) is 8.94. The van der Waals surface area contributed by atoms with Crippen molar-refractivity contribution < 1.29 is 38.4 Å². The molecule has 0 fully saturated rings. The zero-order valence-corrected chi connectivity index (χ0v) is 34.9. The first kappa shape index (κ1) is 59.7. The molecule has 2 aromatic carbocycles. The summed E-state index contributed by atoms with van der Waals surface area (Å²) in [6, 6.07) is 13.9. The number of rotatable bonds is 15. The van der Waals surface area contributed by atoms with Gasteiger partial charge in [-0.05, 0) is 89.3 Å². The highest BCUT2D eigenvalue weighted by molar-refractivity contribution is 5.72. The number of anilines is 2. The second kappa shape index (κ2) is 27.6. The van der Waals surface area contributed by atoms with Crippen LogP contribution in [-0.2, 0) is 23.8 Å². The molecule has 0 unspecified atom stereocenters. The van der Waals surface area contributed by atoms with Gasteiger partial charge in [0, 0.05) is 17.6 Å². The Morgan fingerprint density at radius 1 is 0.727 bits per heavy atom. The zero-order chi connectivity index (χ0) is 46.0. The molecule has 0 bridgehead atoms. The van der Waals surface area contributed by atoms with Crippen molar-refractivity contribution in [2.75, 3.05) is 31.3 Å². The Hall–Kier alpha value is -8.44. The van der Waals surface area contributed by atoms with Crippen LogP contribution in [0.3, 0.4) is 0 Å². The number of nitriles is 2. The fourth-order valence-electron chi connectivity index (χ4n) is 5.88. The summed E-state index contributed by atoms with van der Waals surface area (Å²) in [5.74, 6) is -0.460. The maximum absolute atomic E-state index is 11.5. The molecule has 0 aromatic heterocycles. The summed E-state index contributed by atoms with van der Waals surface area (Å²) in [5, 5.41) is 27.0. The predicted octanol–water partition coefficient (Wildman–Crippen LogP) is 11.3. The molecule has 2 aromatic rings. The summed E-state index contributed by atoms with van der Waals surface area (Å²) < 4.78 is 27.5. The number of carboxylic acid groups (broad SMARTS) is 1. The minimum Gasteiger partial charge on any atom is -0.505 e. The first-order valence-electron chi connectivity index (χ1n) is 19.0. The van der Waals surface area contributed by atoms with Gasteiger partial charge in [0.25, 0.3) is 11.4 Å². The van der Waals surface area contributed by atoms with Crippen LogP contribution < -0.4 is 20.9 Å². The van der Waals surface area contributed by atoms with Crippen LogP contribution in [0.1, 0.15) is 101 Å². The van der Waals surface area contributed by atoms with Gasteiger partial charge in [0.2, 0.25) is 11.4 Å². The van der Waals surface area contributed by atoms with E-state index in [1.165, 1.54) is 0 Å². The molecule has 348 valence electrons. The largest absolute Gasteiger partial charge is 0.505 e. The molecule has 0 amide bonds. The quantitative estimate of drug-likeness (QED) is 0.0500. The lowest BCUT2D eigenvalue weighted by Crippen LogP contribution is -2.20. The number of esters is 1. The average Bonchev–Trinajstić information content (AvgIpc) is 3.65. The SMILES string of the molecule is C.C.C.C.[C-]#[N+]C1=C(/C=C/c2ccc(N)c(OCC(=O)OCC)c2)C(C)(C)O/C1=C(\C#N)[N+]#[C-].[C-]#[N+]C1=C(/C=C/c2ccc(N)c(OCCCCCC(=O)O)c2)C(C)(C)O/C1=C(\C#N)[N+]#[C-]. The molecule has 0 radical (unpaired) electrons. The highest BCUT2D eigenvalue weighted by Crippen LogP contribution is 2.43. The minimum absolute atomic E-state index is 0. The van der Waals surface area contributed by atoms with Crippen molar-refractivity contribution in [1.29, 1.82) is 10.5 Å². The van der Waals surface area contributed by atoms with Crippen LogP contribution in [0, 0.1) is 49.0 Å². The van der Waals surface area contributed by atoms with E-state index in [0.717, 1.165) is 18.4 Å². The van der Waals surface area contributed by atoms with E-state index in [-0.39, 0.29) is 83.6 Å². The Balaban J connectivity index is 0. The van der Waals surface area contributed by atoms with E-state index >= 15 is 0 Å². The number of benzene rings is 2. The zero-order valence-electron chi connectivity index (χ0n) is 34.9. The normalized spacial score (nSPS) is 15.2. The number of carbonyl (C=O) groups is 2. The van der Waals surface area contributed by atoms with Crippen molar-refractivity contribution in [3.05, 3.63) is 151 Å². The summed E-state index contributed by atoms with van der Waals surface area (Å²) >= 11 is 0. The van der Waals surface area contributed by atoms with Crippen molar-refractivity contribution in [3.8, 4) is 23.6 Å². The molecule has 2 aliphatic rings. The Morgan fingerprint density at radius 2 is 1.17 bits per heavy atom. The monoisotopic (exact) mass is 900 g/mol. The number of allylic oxidation sites excluding steroid dienone is 2. The van der Waals surface area contributed by atoms with Crippen LogP contribution in [0.25, 0.3) is 31.5 Å². The van der Waals surface area contributed by atoms with E-state index in [1.54, 1.807) is 101 Å². The smallest absolute Gasteiger partial charge is 0.344 e. The van der Waals surface area contributed by atoms with Crippen LogP contribution in [0.5, 0.6) is 11.5 Å². The number of unbranched alkanes of at least 4 members (excludes halogenated alkanes) is 2. The molecule has 0 saturated heterocycles. The molecule has 4 rings (SSSR count). The van der Waals surface area contributed by atoms with E-state index in [9.17, 15) is 9.59 Å². The van der Waals surface area contributed by atoms with E-state index in [2.05, 4.69) is 19.4 Å². The van der Waals surface area contributed by atoms with Gasteiger partial charge in [-0.25, -0.2) is 34.7 Å². The van der Waals surface area contributed by atoms with Crippen LogP contribution in [0.2, 0.25) is 0 Å². The first-order chi connectivity index (χ1) is 29.5. The summed E-state index contributed by atoms with van der Waals surface area (Å²) in [5.41, 5.74) is 13.3. The van der Waals surface area contributed by atoms with Crippen molar-refractivity contribution in [1.82, 2.24) is 0 Å². The topological polar surface area (TPSA) is 218 Å². The number of carboxylic acids is 1. The number of nitrogens with zero attached hydrogens (tertiary/aromatic N) is 6. The number of hydrogen-bond acceptors (Lipinski definition) is 11. The molecule has 5 N–H and O–H groups in total. The Morgan fingerprint density at radius 3 is 1.55 bits per heavy atom. The summed E-state index contributed by atoms with van der Waals surface area (Å²) in [7, 11) is 0. The third-order valence-corrected chi connectivity index (χ3v) is 8.94. The van der Waals surface area contributed by atoms with Crippen LogP contribution >= 0.6 is 0 Å². The molecule has 0 saturated carbocycles. The second-order valence-corrected chi connectivity index (χ2v) is 14.2. The van der Waals surface area contributed by atoms with E-state index in [0.29, 0.717) is 52.6 Å². The molecule has 16 heteroatoms. The fraction of sp³-hybridized carbons (Fsp3) is 0.360. The van der Waals surface area contributed by atoms with Crippen LogP contribution in [0.15, 0.2) is 94.0 Å². The summed E-state index contributed by atoms with van der Waals surface area (Å²) in [6.07, 6.45) is 9.17. The lowest BCUT2D eigenvalue weighted by atomic mass is 9.96. The molecule has 16 nitrogen and oxygen atoms in total. The lowest BCUT2D eigenvalue weighted by molar-refractivity contribution is -0.145. The molecule has 0 atom stereocenters. The van der Waals surface area contributed by atoms with Crippen molar-refractivity contribution >= 4 is 35.5 Å². The van der Waals surface area contributed by atoms with Crippen LogP contribution in [0.4, 0.5) is 11.4 Å². The standard InChI is InChI=1S/C24H24N4O4.C22H20N4O4.4CH4/c1-24(2)17(22(28-4)23(32-24)19(15-25)27-3)11-9-16-10-12-18(26)20(14-16)31-13-7-5-6-8-21(29)30;1-6-28-19(27)13-29-18-11-14(8-10-16(18)24)7-9-15-20(26-5)21(17(12-23)25-4)30-22(15,2)3;;;;/h9-12,14H,5-8,13,26H2,1-2H3,(H,29,30);7-11H,6,13,24H2,1-3H3;4*1H4/b11-9+,23-19+;9-7+,21-17+;;;;. The average molecular weight is 901 g/mol. The van der Waals surface area contributed by atoms with Crippen molar-refractivity contribution in [3.63, 3.8) is 0 Å². The molecule has 0 spiro atoms. The lowest BCUT2D eigenvalue weighted by Gasteiger charge is -2.22. The fourth-order valence-corrected chi connectivity index (χ4v) is 5.88. The molecule has 2 heterocycles. The highest BCUT2D eigenvalue weighted by atomic mass is 16.6. The summed E-state index contributed by atoms with van der Waals surface area (Å²) in [6.45, 7) is 38.4. The molecule has 66 heavy (non-hydrogen) atoms. The maximum atomic E-state index is 11.5. The van der Waals surface area contributed by atoms with Gasteiger partial charge in [0.15, 0.2) is 6.61 Å². The number of ether oxygens (including phenoxy) is 5. The molecule has 2 aliphatic heterocycles. The van der Waals surface area contributed by atoms with Gasteiger partial charge in [-0.1, -0.05) is 66.1 Å². The van der Waals surface area contributed by atoms with Gasteiger partial charge < -0.3 is 40.3 Å². The van der Waals surface area contributed by atoms with Gasteiger partial charge in [0.1, 0.15) is 34.2 Å². The number of hydrogen-bond donors (Lipinski definition) is 3.